The summed E-state index contributed by atoms with van der Waals surface area (Å²) in [5.41, 5.74) is 1.00. The predicted octanol–water partition coefficient (Wildman–Crippen LogP) is 3.54. The Labute approximate surface area is 97.8 Å². The monoisotopic (exact) mass is 234 g/mol. The average molecular weight is 234 g/mol. The fraction of sp³-hybridized carbons (Fsp3) is 0.231. The van der Waals surface area contributed by atoms with E-state index in [0.29, 0.717) is 0 Å². The van der Waals surface area contributed by atoms with Gasteiger partial charge in [-0.2, -0.15) is 0 Å². The molecule has 1 aromatic carbocycles. The van der Waals surface area contributed by atoms with Crippen LogP contribution in [0.3, 0.4) is 0 Å². The summed E-state index contributed by atoms with van der Waals surface area (Å²) in [6.07, 6.45) is 4.14. The summed E-state index contributed by atoms with van der Waals surface area (Å²) in [6.45, 7) is 2.04. The van der Waals surface area contributed by atoms with Gasteiger partial charge in [0.05, 0.1) is 28.6 Å². The van der Waals surface area contributed by atoms with Gasteiger partial charge < -0.3 is 4.42 Å². The summed E-state index contributed by atoms with van der Waals surface area (Å²) in [5, 5.41) is 0.0150. The fourth-order valence-corrected chi connectivity index (χ4v) is 3.13. The van der Waals surface area contributed by atoms with Crippen molar-refractivity contribution in [3.05, 3.63) is 54.5 Å². The highest BCUT2D eigenvalue weighted by molar-refractivity contribution is 7.85. The molecule has 1 heterocycles. The van der Waals surface area contributed by atoms with Crippen molar-refractivity contribution in [1.82, 2.24) is 0 Å². The molecule has 0 saturated heterocycles. The molecule has 1 aromatic heterocycles. The largest absolute Gasteiger partial charge is 0.472 e. The van der Waals surface area contributed by atoms with E-state index in [9.17, 15) is 4.21 Å². The highest BCUT2D eigenvalue weighted by Gasteiger charge is 2.19. The van der Waals surface area contributed by atoms with Crippen LogP contribution in [0.2, 0.25) is 0 Å². The highest BCUT2D eigenvalue weighted by atomic mass is 32.2. The quantitative estimate of drug-likeness (QED) is 0.810. The molecular weight excluding hydrogens is 220 g/mol. The van der Waals surface area contributed by atoms with E-state index in [4.69, 9.17) is 4.42 Å². The molecule has 0 aliphatic carbocycles. The van der Waals surface area contributed by atoms with Crippen LogP contribution in [0.4, 0.5) is 0 Å². The Hall–Kier alpha value is -1.35. The van der Waals surface area contributed by atoms with Gasteiger partial charge in [0.1, 0.15) is 0 Å². The maximum absolute atomic E-state index is 12.3. The van der Waals surface area contributed by atoms with Gasteiger partial charge in [-0.25, -0.2) is 0 Å². The van der Waals surface area contributed by atoms with Crippen LogP contribution in [0.25, 0.3) is 0 Å². The standard InChI is InChI=1S/C13H14O2S/c1-2-13(11-8-9-15-10-11)16(14)12-6-4-3-5-7-12/h3-10,13H,2H2,1H3/t13-,16-/m0/s1. The third-order valence-corrected chi connectivity index (χ3v) is 4.38. The minimum absolute atomic E-state index is 0.0150. The molecule has 0 aliphatic heterocycles. The van der Waals surface area contributed by atoms with Gasteiger partial charge in [-0.1, -0.05) is 25.1 Å². The molecule has 0 saturated carbocycles. The molecule has 16 heavy (non-hydrogen) atoms. The molecule has 2 atom stereocenters. The number of hydrogen-bond donors (Lipinski definition) is 0. The zero-order valence-corrected chi connectivity index (χ0v) is 9.94. The zero-order chi connectivity index (χ0) is 11.4. The highest BCUT2D eigenvalue weighted by Crippen LogP contribution is 2.28. The molecule has 0 aliphatic rings. The minimum Gasteiger partial charge on any atom is -0.472 e. The summed E-state index contributed by atoms with van der Waals surface area (Å²) in [5.74, 6) is 0. The molecule has 0 fully saturated rings. The molecule has 84 valence electrons. The van der Waals surface area contributed by atoms with Gasteiger partial charge in [0.15, 0.2) is 0 Å². The lowest BCUT2D eigenvalue weighted by molar-refractivity contribution is 0.562. The maximum atomic E-state index is 12.3. The van der Waals surface area contributed by atoms with Crippen molar-refractivity contribution in [2.24, 2.45) is 0 Å². The second kappa shape index (κ2) is 5.12. The van der Waals surface area contributed by atoms with E-state index < -0.39 is 10.8 Å². The lowest BCUT2D eigenvalue weighted by Crippen LogP contribution is -2.04. The van der Waals surface area contributed by atoms with E-state index >= 15 is 0 Å². The van der Waals surface area contributed by atoms with E-state index in [-0.39, 0.29) is 5.25 Å². The van der Waals surface area contributed by atoms with Crippen molar-refractivity contribution in [2.45, 2.75) is 23.5 Å². The zero-order valence-electron chi connectivity index (χ0n) is 9.13. The second-order valence-corrected chi connectivity index (χ2v) is 5.20. The van der Waals surface area contributed by atoms with Crippen LogP contribution >= 0.6 is 0 Å². The molecule has 2 nitrogen and oxygen atoms in total. The number of furan rings is 1. The van der Waals surface area contributed by atoms with Crippen molar-refractivity contribution in [2.75, 3.05) is 0 Å². The van der Waals surface area contributed by atoms with Crippen LogP contribution in [-0.4, -0.2) is 4.21 Å². The van der Waals surface area contributed by atoms with E-state index in [2.05, 4.69) is 0 Å². The van der Waals surface area contributed by atoms with Crippen LogP contribution in [0.1, 0.15) is 24.2 Å². The van der Waals surface area contributed by atoms with Crippen LogP contribution in [0.15, 0.2) is 58.2 Å². The Balaban J connectivity index is 2.27. The molecule has 2 aromatic rings. The van der Waals surface area contributed by atoms with Gasteiger partial charge in [0.25, 0.3) is 0 Å². The SMILES string of the molecule is CC[C@@H](c1ccoc1)[S@@](=O)c1ccccc1. The fourth-order valence-electron chi connectivity index (χ4n) is 1.69. The van der Waals surface area contributed by atoms with Crippen molar-refractivity contribution < 1.29 is 8.63 Å². The van der Waals surface area contributed by atoms with E-state index in [0.717, 1.165) is 16.9 Å². The third kappa shape index (κ3) is 2.25. The lowest BCUT2D eigenvalue weighted by Gasteiger charge is -2.12. The van der Waals surface area contributed by atoms with Gasteiger partial charge in [-0.3, -0.25) is 4.21 Å². The predicted molar refractivity (Wildman–Crippen MR) is 64.6 cm³/mol. The van der Waals surface area contributed by atoms with Crippen LogP contribution in [0.5, 0.6) is 0 Å². The first-order chi connectivity index (χ1) is 7.83. The normalized spacial score (nSPS) is 14.6. The lowest BCUT2D eigenvalue weighted by atomic mass is 10.2. The minimum atomic E-state index is -1.01. The first-order valence-electron chi connectivity index (χ1n) is 5.30. The molecule has 0 amide bonds. The molecule has 0 bridgehead atoms. The van der Waals surface area contributed by atoms with Crippen LogP contribution < -0.4 is 0 Å². The van der Waals surface area contributed by atoms with Gasteiger partial charge in [-0.05, 0) is 24.6 Å². The van der Waals surface area contributed by atoms with E-state index in [1.807, 2.05) is 43.3 Å². The smallest absolute Gasteiger partial charge is 0.0946 e. The van der Waals surface area contributed by atoms with Gasteiger partial charge >= 0.3 is 0 Å². The summed E-state index contributed by atoms with van der Waals surface area (Å²) < 4.78 is 17.4. The summed E-state index contributed by atoms with van der Waals surface area (Å²) in [4.78, 5) is 0.871. The molecule has 0 spiro atoms. The number of rotatable bonds is 4. The van der Waals surface area contributed by atoms with Crippen molar-refractivity contribution in [3.63, 3.8) is 0 Å². The Bertz CT molecular complexity index is 448. The first kappa shape index (κ1) is 11.1. The molecule has 0 unspecified atom stereocenters. The van der Waals surface area contributed by atoms with Crippen molar-refractivity contribution in [1.29, 1.82) is 0 Å². The molecule has 2 rings (SSSR count). The first-order valence-corrected chi connectivity index (χ1v) is 6.52. The van der Waals surface area contributed by atoms with E-state index in [1.165, 1.54) is 0 Å². The Morgan fingerprint density at radius 3 is 2.56 bits per heavy atom. The summed E-state index contributed by atoms with van der Waals surface area (Å²) >= 11 is 0. The Kier molecular flexibility index (Phi) is 3.57. The number of benzene rings is 1. The summed E-state index contributed by atoms with van der Waals surface area (Å²) in [7, 11) is -1.01. The van der Waals surface area contributed by atoms with Crippen LogP contribution in [-0.2, 0) is 10.8 Å². The van der Waals surface area contributed by atoms with Crippen LogP contribution in [0, 0.1) is 0 Å². The topological polar surface area (TPSA) is 30.2 Å². The Morgan fingerprint density at radius 2 is 2.00 bits per heavy atom. The second-order valence-electron chi connectivity index (χ2n) is 3.56. The average Bonchev–Trinajstić information content (AvgIpc) is 2.85. The Morgan fingerprint density at radius 1 is 1.25 bits per heavy atom. The van der Waals surface area contributed by atoms with E-state index in [1.54, 1.807) is 12.5 Å². The van der Waals surface area contributed by atoms with Crippen molar-refractivity contribution >= 4 is 10.8 Å². The van der Waals surface area contributed by atoms with Gasteiger partial charge in [-0.15, -0.1) is 0 Å². The maximum Gasteiger partial charge on any atom is 0.0946 e. The van der Waals surface area contributed by atoms with Gasteiger partial charge in [0, 0.05) is 10.5 Å². The molecule has 0 radical (unpaired) electrons. The summed E-state index contributed by atoms with van der Waals surface area (Å²) in [6, 6.07) is 11.4. The molecule has 0 N–H and O–H groups in total. The van der Waals surface area contributed by atoms with Gasteiger partial charge in [0.2, 0.25) is 0 Å². The molecule has 3 heteroatoms. The molecular formula is C13H14O2S. The number of hydrogen-bond acceptors (Lipinski definition) is 2. The van der Waals surface area contributed by atoms with Crippen molar-refractivity contribution in [3.8, 4) is 0 Å². The third-order valence-electron chi connectivity index (χ3n) is 2.52.